The fourth-order valence-corrected chi connectivity index (χ4v) is 4.75. The molecule has 0 aromatic heterocycles. The lowest BCUT2D eigenvalue weighted by Gasteiger charge is -2.38. The average molecular weight is 553 g/mol. The Hall–Kier alpha value is -3.31. The minimum Gasteiger partial charge on any atom is -0.380 e. The van der Waals surface area contributed by atoms with Gasteiger partial charge in [0.25, 0.3) is 17.7 Å². The molecule has 2 atom stereocenters. The molecule has 2 aromatic carbocycles. The van der Waals surface area contributed by atoms with Crippen LogP contribution < -0.4 is 16.1 Å². The second-order valence-corrected chi connectivity index (χ2v) is 11.0. The molecule has 2 aliphatic rings. The summed E-state index contributed by atoms with van der Waals surface area (Å²) in [6.07, 6.45) is 1.89. The lowest BCUT2D eigenvalue weighted by Crippen LogP contribution is -2.65. The molecule has 3 N–H and O–H groups in total. The van der Waals surface area contributed by atoms with Crippen LogP contribution in [0.5, 0.6) is 0 Å². The van der Waals surface area contributed by atoms with Crippen LogP contribution in [0.1, 0.15) is 49.0 Å². The van der Waals surface area contributed by atoms with E-state index >= 15 is 0 Å². The van der Waals surface area contributed by atoms with E-state index in [4.69, 9.17) is 14.3 Å². The summed E-state index contributed by atoms with van der Waals surface area (Å²) in [6, 6.07) is 15.4. The number of carbonyl (C=O) groups is 3. The first-order chi connectivity index (χ1) is 19.2. The molecule has 2 saturated heterocycles. The molecule has 1 unspecified atom stereocenters. The first-order valence-corrected chi connectivity index (χ1v) is 13.7. The highest BCUT2D eigenvalue weighted by atomic mass is 16.8. The molecule has 10 nitrogen and oxygen atoms in total. The minimum atomic E-state index is -1.86. The summed E-state index contributed by atoms with van der Waals surface area (Å²) in [4.78, 5) is 45.9. The van der Waals surface area contributed by atoms with Gasteiger partial charge in [0.05, 0.1) is 13.2 Å². The van der Waals surface area contributed by atoms with Crippen molar-refractivity contribution in [2.24, 2.45) is 5.41 Å². The molecule has 10 heteroatoms. The molecule has 2 heterocycles. The van der Waals surface area contributed by atoms with Crippen LogP contribution in [-0.2, 0) is 30.4 Å². The molecule has 2 aliphatic heterocycles. The molecule has 2 aromatic rings. The molecule has 0 spiro atoms. The largest absolute Gasteiger partial charge is 0.380 e. The minimum absolute atomic E-state index is 0.229. The van der Waals surface area contributed by atoms with Gasteiger partial charge in [0.2, 0.25) is 0 Å². The molecule has 40 heavy (non-hydrogen) atoms. The standard InChI is InChI=1S/C30H40N4O6/c1-29(19-38-20-29)18-32-17-21-8-10-22(11-9-21)23-12-14-24(15-13-23)26(35)34(4)30(2,27(36)31-3)28(37)33-40-25-7-5-6-16-39-25/h8-15,25,32H,5-7,16-20H2,1-4H3,(H,31,36)(H,33,37)/t25?,30-/m0/s1. The Labute approximate surface area is 235 Å². The highest BCUT2D eigenvalue weighted by molar-refractivity contribution is 6.12. The van der Waals surface area contributed by atoms with Crippen molar-refractivity contribution in [1.82, 2.24) is 21.0 Å². The normalized spacial score (nSPS) is 19.6. The van der Waals surface area contributed by atoms with Gasteiger partial charge in [0, 0.05) is 51.2 Å². The number of nitrogens with one attached hydrogen (secondary N) is 3. The number of likely N-dealkylation sites (N-methyl/N-ethyl adjacent to an activating group) is 2. The Bertz CT molecular complexity index is 1180. The summed E-state index contributed by atoms with van der Waals surface area (Å²) in [5, 5.41) is 5.98. The summed E-state index contributed by atoms with van der Waals surface area (Å²) in [5.74, 6) is -1.89. The van der Waals surface area contributed by atoms with E-state index in [0.29, 0.717) is 18.6 Å². The fourth-order valence-electron chi connectivity index (χ4n) is 4.75. The SMILES string of the molecule is CNC(=O)[C@@](C)(C(=O)NOC1CCCCO1)N(C)C(=O)c1ccc(-c2ccc(CNCC3(C)COC3)cc2)cc1. The first kappa shape index (κ1) is 29.7. The van der Waals surface area contributed by atoms with Crippen LogP contribution in [0.3, 0.4) is 0 Å². The molecular weight excluding hydrogens is 512 g/mol. The van der Waals surface area contributed by atoms with Crippen molar-refractivity contribution in [3.8, 4) is 11.1 Å². The van der Waals surface area contributed by atoms with Crippen molar-refractivity contribution in [2.45, 2.75) is 51.5 Å². The van der Waals surface area contributed by atoms with Crippen LogP contribution in [0.25, 0.3) is 11.1 Å². The third-order valence-corrected chi connectivity index (χ3v) is 7.71. The molecule has 0 bridgehead atoms. The van der Waals surface area contributed by atoms with Crippen molar-refractivity contribution in [1.29, 1.82) is 0 Å². The Morgan fingerprint density at radius 2 is 1.68 bits per heavy atom. The Balaban J connectivity index is 1.38. The summed E-state index contributed by atoms with van der Waals surface area (Å²) in [5.41, 5.74) is 4.21. The third kappa shape index (κ3) is 6.69. The van der Waals surface area contributed by atoms with Gasteiger partial charge in [-0.05, 0) is 48.6 Å². The molecule has 0 radical (unpaired) electrons. The first-order valence-electron chi connectivity index (χ1n) is 13.7. The van der Waals surface area contributed by atoms with Crippen molar-refractivity contribution in [3.63, 3.8) is 0 Å². The number of rotatable bonds is 11. The summed E-state index contributed by atoms with van der Waals surface area (Å²) in [7, 11) is 2.84. The predicted octanol–water partition coefficient (Wildman–Crippen LogP) is 2.63. The van der Waals surface area contributed by atoms with Crippen LogP contribution in [0.15, 0.2) is 48.5 Å². The molecule has 216 valence electrons. The lowest BCUT2D eigenvalue weighted by atomic mass is 9.89. The van der Waals surface area contributed by atoms with Gasteiger partial charge in [-0.1, -0.05) is 43.3 Å². The molecule has 4 rings (SSSR count). The summed E-state index contributed by atoms with van der Waals surface area (Å²) >= 11 is 0. The van der Waals surface area contributed by atoms with Crippen LogP contribution in [-0.4, -0.2) is 74.9 Å². The van der Waals surface area contributed by atoms with E-state index in [9.17, 15) is 14.4 Å². The fraction of sp³-hybridized carbons (Fsp3) is 0.500. The van der Waals surface area contributed by atoms with Gasteiger partial charge in [-0.2, -0.15) is 0 Å². The number of hydrogen-bond donors (Lipinski definition) is 3. The molecular formula is C30H40N4O6. The third-order valence-electron chi connectivity index (χ3n) is 7.71. The number of carbonyl (C=O) groups excluding carboxylic acids is 3. The van der Waals surface area contributed by atoms with E-state index in [1.165, 1.54) is 26.6 Å². The van der Waals surface area contributed by atoms with Crippen LogP contribution in [0, 0.1) is 5.41 Å². The quantitative estimate of drug-likeness (QED) is 0.290. The lowest BCUT2D eigenvalue weighted by molar-refractivity contribution is -0.204. The maximum Gasteiger partial charge on any atom is 0.279 e. The summed E-state index contributed by atoms with van der Waals surface area (Å²) < 4.78 is 10.8. The van der Waals surface area contributed by atoms with Gasteiger partial charge >= 0.3 is 0 Å². The van der Waals surface area contributed by atoms with E-state index in [-0.39, 0.29) is 5.41 Å². The molecule has 2 fully saturated rings. The predicted molar refractivity (Wildman–Crippen MR) is 150 cm³/mol. The van der Waals surface area contributed by atoms with Gasteiger partial charge in [-0.15, -0.1) is 0 Å². The maximum atomic E-state index is 13.4. The maximum absolute atomic E-state index is 13.4. The van der Waals surface area contributed by atoms with E-state index in [2.05, 4.69) is 47.3 Å². The van der Waals surface area contributed by atoms with Crippen molar-refractivity contribution in [3.05, 3.63) is 59.7 Å². The highest BCUT2D eigenvalue weighted by Crippen LogP contribution is 2.26. The van der Waals surface area contributed by atoms with Crippen molar-refractivity contribution in [2.75, 3.05) is 40.5 Å². The number of hydroxylamine groups is 1. The summed E-state index contributed by atoms with van der Waals surface area (Å²) in [6.45, 7) is 7.45. The smallest absolute Gasteiger partial charge is 0.279 e. The van der Waals surface area contributed by atoms with Gasteiger partial charge in [0.15, 0.2) is 11.8 Å². The van der Waals surface area contributed by atoms with E-state index < -0.39 is 29.6 Å². The van der Waals surface area contributed by atoms with Crippen LogP contribution in [0.2, 0.25) is 0 Å². The zero-order chi connectivity index (χ0) is 28.8. The average Bonchev–Trinajstić information content (AvgIpc) is 2.98. The van der Waals surface area contributed by atoms with Gasteiger partial charge in [0.1, 0.15) is 0 Å². The highest BCUT2D eigenvalue weighted by Gasteiger charge is 2.47. The van der Waals surface area contributed by atoms with Gasteiger partial charge in [-0.25, -0.2) is 10.3 Å². The zero-order valence-corrected chi connectivity index (χ0v) is 23.7. The number of benzene rings is 2. The number of hydrogen-bond acceptors (Lipinski definition) is 7. The van der Waals surface area contributed by atoms with Crippen LogP contribution in [0.4, 0.5) is 0 Å². The van der Waals surface area contributed by atoms with E-state index in [1.807, 2.05) is 12.1 Å². The van der Waals surface area contributed by atoms with Crippen molar-refractivity contribution < 1.29 is 28.7 Å². The van der Waals surface area contributed by atoms with E-state index in [1.54, 1.807) is 12.1 Å². The number of amides is 3. The van der Waals surface area contributed by atoms with Crippen LogP contribution >= 0.6 is 0 Å². The Morgan fingerprint density at radius 3 is 2.23 bits per heavy atom. The second-order valence-electron chi connectivity index (χ2n) is 11.0. The Morgan fingerprint density at radius 1 is 1.02 bits per heavy atom. The second kappa shape index (κ2) is 12.9. The zero-order valence-electron chi connectivity index (χ0n) is 23.7. The molecule has 0 aliphatic carbocycles. The van der Waals surface area contributed by atoms with Gasteiger partial charge < -0.3 is 25.0 Å². The van der Waals surface area contributed by atoms with Gasteiger partial charge in [-0.3, -0.25) is 14.4 Å². The number of ether oxygens (including phenoxy) is 2. The topological polar surface area (TPSA) is 118 Å². The number of nitrogens with zero attached hydrogens (tertiary/aromatic N) is 1. The monoisotopic (exact) mass is 552 g/mol. The van der Waals surface area contributed by atoms with E-state index in [0.717, 1.165) is 55.2 Å². The molecule has 3 amide bonds. The molecule has 0 saturated carbocycles. The van der Waals surface area contributed by atoms with Crippen molar-refractivity contribution >= 4 is 17.7 Å². The Kier molecular flexibility index (Phi) is 9.57.